The summed E-state index contributed by atoms with van der Waals surface area (Å²) in [5.41, 5.74) is 2.34. The van der Waals surface area contributed by atoms with Gasteiger partial charge < -0.3 is 0 Å². The summed E-state index contributed by atoms with van der Waals surface area (Å²) in [6.07, 6.45) is 12.4. The van der Waals surface area contributed by atoms with E-state index in [0.717, 1.165) is 18.3 Å². The molecule has 0 saturated heterocycles. The van der Waals surface area contributed by atoms with Gasteiger partial charge in [0.15, 0.2) is 0 Å². The number of hydrogen-bond donors (Lipinski definition) is 0. The Kier molecular flexibility index (Phi) is 2.98. The Balaban J connectivity index is 1.70. The molecular weight excluding hydrogens is 256 g/mol. The second-order valence-corrected chi connectivity index (χ2v) is 8.93. The maximum Gasteiger partial charge on any atom is 0.136 e. The second kappa shape index (κ2) is 4.46. The lowest BCUT2D eigenvalue weighted by Gasteiger charge is -2.59. The van der Waals surface area contributed by atoms with Crippen LogP contribution in [0.5, 0.6) is 0 Å². The molecule has 0 aliphatic heterocycles. The molecule has 0 aromatic heterocycles. The third kappa shape index (κ3) is 1.72. The molecule has 0 spiro atoms. The van der Waals surface area contributed by atoms with E-state index in [1.165, 1.54) is 44.9 Å². The number of fused-ring (bicyclic) bond motifs is 5. The predicted molar refractivity (Wildman–Crippen MR) is 85.9 cm³/mol. The number of ketones is 1. The van der Waals surface area contributed by atoms with Gasteiger partial charge in [0.05, 0.1) is 0 Å². The molecule has 6 atom stereocenters. The lowest BCUT2D eigenvalue weighted by molar-refractivity contribution is -0.151. The lowest BCUT2D eigenvalue weighted by atomic mass is 9.44. The van der Waals surface area contributed by atoms with Gasteiger partial charge in [-0.2, -0.15) is 0 Å². The largest absolute Gasteiger partial charge is 0.299 e. The van der Waals surface area contributed by atoms with Crippen LogP contribution in [0.15, 0.2) is 11.6 Å². The van der Waals surface area contributed by atoms with Crippen LogP contribution in [0.3, 0.4) is 0 Å². The monoisotopic (exact) mass is 286 g/mol. The van der Waals surface area contributed by atoms with Crippen molar-refractivity contribution < 1.29 is 4.79 Å². The molecule has 21 heavy (non-hydrogen) atoms. The first-order chi connectivity index (χ1) is 9.97. The molecule has 3 saturated carbocycles. The molecular formula is C20H30O. The summed E-state index contributed by atoms with van der Waals surface area (Å²) in [7, 11) is 0. The molecule has 0 radical (unpaired) electrons. The maximum atomic E-state index is 12.8. The Labute approximate surface area is 129 Å². The van der Waals surface area contributed by atoms with E-state index < -0.39 is 0 Å². The predicted octanol–water partition coefficient (Wildman–Crippen LogP) is 5.15. The molecule has 4 rings (SSSR count). The standard InChI is InChI=1S/C20H30O/c1-13-7-8-15-14-12-18(21)17-6-4-5-10-20(17,3)16(14)9-11-19(13,15)2/h7,14-17H,4-6,8-12H2,1-3H3. The summed E-state index contributed by atoms with van der Waals surface area (Å²) < 4.78 is 0. The maximum absolute atomic E-state index is 12.8. The van der Waals surface area contributed by atoms with Crippen molar-refractivity contribution in [3.8, 4) is 0 Å². The molecule has 3 fully saturated rings. The Bertz CT molecular complexity index is 504. The molecule has 0 heterocycles. The minimum absolute atomic E-state index is 0.329. The highest BCUT2D eigenvalue weighted by atomic mass is 16.1. The first-order valence-electron chi connectivity index (χ1n) is 9.17. The van der Waals surface area contributed by atoms with Crippen molar-refractivity contribution in [2.24, 2.45) is 34.5 Å². The van der Waals surface area contributed by atoms with Crippen LogP contribution in [0.4, 0.5) is 0 Å². The summed E-state index contributed by atoms with van der Waals surface area (Å²) in [5.74, 6) is 3.25. The average Bonchev–Trinajstić information content (AvgIpc) is 2.75. The van der Waals surface area contributed by atoms with Gasteiger partial charge in [0.25, 0.3) is 0 Å². The lowest BCUT2D eigenvalue weighted by Crippen LogP contribution is -2.55. The number of rotatable bonds is 0. The zero-order valence-corrected chi connectivity index (χ0v) is 14.0. The van der Waals surface area contributed by atoms with Gasteiger partial charge in [-0.05, 0) is 67.6 Å². The van der Waals surface area contributed by atoms with Gasteiger partial charge in [-0.1, -0.05) is 38.3 Å². The normalized spacial score (nSPS) is 52.7. The van der Waals surface area contributed by atoms with E-state index in [4.69, 9.17) is 0 Å². The van der Waals surface area contributed by atoms with E-state index in [1.54, 1.807) is 5.57 Å². The van der Waals surface area contributed by atoms with Crippen LogP contribution in [0.25, 0.3) is 0 Å². The molecule has 1 nitrogen and oxygen atoms in total. The third-order valence-electron chi connectivity index (χ3n) is 8.33. The highest BCUT2D eigenvalue weighted by Gasteiger charge is 2.59. The summed E-state index contributed by atoms with van der Waals surface area (Å²) >= 11 is 0. The van der Waals surface area contributed by atoms with E-state index >= 15 is 0 Å². The van der Waals surface area contributed by atoms with E-state index in [1.807, 2.05) is 0 Å². The van der Waals surface area contributed by atoms with Crippen LogP contribution in [0, 0.1) is 34.5 Å². The first kappa shape index (κ1) is 14.0. The fourth-order valence-corrected chi connectivity index (χ4v) is 6.88. The number of carbonyl (C=O) groups excluding carboxylic acids is 1. The van der Waals surface area contributed by atoms with Crippen molar-refractivity contribution in [1.82, 2.24) is 0 Å². The molecule has 0 aromatic rings. The molecule has 0 bridgehead atoms. The van der Waals surface area contributed by atoms with Crippen molar-refractivity contribution >= 4 is 5.78 Å². The minimum Gasteiger partial charge on any atom is -0.299 e. The second-order valence-electron chi connectivity index (χ2n) is 8.93. The zero-order valence-electron chi connectivity index (χ0n) is 14.0. The van der Waals surface area contributed by atoms with Gasteiger partial charge in [-0.25, -0.2) is 0 Å². The number of carbonyl (C=O) groups is 1. The quantitative estimate of drug-likeness (QED) is 0.562. The molecule has 0 amide bonds. The highest BCUT2D eigenvalue weighted by molar-refractivity contribution is 5.83. The Morgan fingerprint density at radius 2 is 1.90 bits per heavy atom. The molecule has 0 N–H and O–H groups in total. The van der Waals surface area contributed by atoms with Crippen molar-refractivity contribution in [3.63, 3.8) is 0 Å². The fourth-order valence-electron chi connectivity index (χ4n) is 6.88. The van der Waals surface area contributed by atoms with Gasteiger partial charge in [0, 0.05) is 12.3 Å². The summed E-state index contributed by atoms with van der Waals surface area (Å²) in [4.78, 5) is 12.8. The van der Waals surface area contributed by atoms with E-state index in [2.05, 4.69) is 26.8 Å². The minimum atomic E-state index is 0.329. The number of allylic oxidation sites excluding steroid dienone is 2. The number of hydrogen-bond acceptors (Lipinski definition) is 1. The van der Waals surface area contributed by atoms with Crippen molar-refractivity contribution in [2.45, 2.75) is 72.1 Å². The van der Waals surface area contributed by atoms with Gasteiger partial charge in [0.2, 0.25) is 0 Å². The summed E-state index contributed by atoms with van der Waals surface area (Å²) in [6.45, 7) is 7.28. The van der Waals surface area contributed by atoms with Crippen LogP contribution in [0.2, 0.25) is 0 Å². The number of Topliss-reactive ketones (excluding diaryl/α,β-unsaturated/α-hetero) is 1. The SMILES string of the molecule is CC1=CCC2C3CC(=O)C4CCCCC4(C)C3CCC12C. The Morgan fingerprint density at radius 1 is 1.10 bits per heavy atom. The van der Waals surface area contributed by atoms with Gasteiger partial charge in [-0.15, -0.1) is 0 Å². The zero-order chi connectivity index (χ0) is 14.8. The van der Waals surface area contributed by atoms with Crippen molar-refractivity contribution in [3.05, 3.63) is 11.6 Å². The van der Waals surface area contributed by atoms with Gasteiger partial charge in [0.1, 0.15) is 5.78 Å². The molecule has 1 heteroatoms. The molecule has 4 aliphatic rings. The van der Waals surface area contributed by atoms with Crippen LogP contribution < -0.4 is 0 Å². The molecule has 4 aliphatic carbocycles. The topological polar surface area (TPSA) is 17.1 Å². The van der Waals surface area contributed by atoms with Crippen molar-refractivity contribution in [2.75, 3.05) is 0 Å². The van der Waals surface area contributed by atoms with Crippen molar-refractivity contribution in [1.29, 1.82) is 0 Å². The van der Waals surface area contributed by atoms with E-state index in [9.17, 15) is 4.79 Å². The smallest absolute Gasteiger partial charge is 0.136 e. The third-order valence-corrected chi connectivity index (χ3v) is 8.33. The molecule has 0 aromatic carbocycles. The first-order valence-corrected chi connectivity index (χ1v) is 9.17. The van der Waals surface area contributed by atoms with Gasteiger partial charge >= 0.3 is 0 Å². The fraction of sp³-hybridized carbons (Fsp3) is 0.850. The van der Waals surface area contributed by atoms with Crippen LogP contribution in [-0.2, 0) is 4.79 Å². The summed E-state index contributed by atoms with van der Waals surface area (Å²) in [6, 6.07) is 0. The highest BCUT2D eigenvalue weighted by Crippen LogP contribution is 2.65. The average molecular weight is 286 g/mol. The van der Waals surface area contributed by atoms with Crippen LogP contribution >= 0.6 is 0 Å². The van der Waals surface area contributed by atoms with E-state index in [-0.39, 0.29) is 0 Å². The van der Waals surface area contributed by atoms with Gasteiger partial charge in [-0.3, -0.25) is 4.79 Å². The van der Waals surface area contributed by atoms with Crippen LogP contribution in [0.1, 0.15) is 72.1 Å². The Hall–Kier alpha value is -0.590. The van der Waals surface area contributed by atoms with Crippen LogP contribution in [-0.4, -0.2) is 5.78 Å². The summed E-state index contributed by atoms with van der Waals surface area (Å²) in [5, 5.41) is 0. The van der Waals surface area contributed by atoms with E-state index in [0.29, 0.717) is 28.4 Å². The Morgan fingerprint density at radius 3 is 2.71 bits per heavy atom. The molecule has 116 valence electrons. The molecule has 6 unspecified atom stereocenters.